The van der Waals surface area contributed by atoms with E-state index in [0.717, 1.165) is 47.4 Å². The molecule has 2 aromatic heterocycles. The zero-order valence-corrected chi connectivity index (χ0v) is 19.5. The van der Waals surface area contributed by atoms with Crippen molar-refractivity contribution >= 4 is 23.7 Å². The molecule has 1 aliphatic heterocycles. The average molecular weight is 477 g/mol. The van der Waals surface area contributed by atoms with Gasteiger partial charge in [0.1, 0.15) is 11.5 Å². The van der Waals surface area contributed by atoms with Crippen molar-refractivity contribution < 1.29 is 9.18 Å². The number of aromatic nitrogens is 2. The fourth-order valence-corrected chi connectivity index (χ4v) is 5.03. The molecular formula is C27H26ClFN4O. The Bertz CT molecular complexity index is 1290. The molecule has 34 heavy (non-hydrogen) atoms. The lowest BCUT2D eigenvalue weighted by Crippen LogP contribution is -2.50. The first-order valence-corrected chi connectivity index (χ1v) is 11.9. The number of hydrogen-bond acceptors (Lipinski definition) is 3. The lowest BCUT2D eigenvalue weighted by Gasteiger charge is -2.39. The molecule has 0 bridgehead atoms. The highest BCUT2D eigenvalue weighted by atomic mass is 35.5. The molecule has 1 fully saturated rings. The van der Waals surface area contributed by atoms with Crippen LogP contribution in [-0.4, -0.2) is 39.3 Å². The summed E-state index contributed by atoms with van der Waals surface area (Å²) in [6.07, 6.45) is 5.15. The smallest absolute Gasteiger partial charge is 0.207 e. The first kappa shape index (κ1) is 22.6. The third-order valence-electron chi connectivity index (χ3n) is 6.64. The second-order valence-corrected chi connectivity index (χ2v) is 9.22. The van der Waals surface area contributed by atoms with Crippen LogP contribution in [0.15, 0.2) is 72.9 Å². The number of nitrogens with one attached hydrogen (secondary N) is 1. The van der Waals surface area contributed by atoms with E-state index in [2.05, 4.69) is 14.6 Å². The standard InChI is InChI=1S/C27H26ClFN4O/c28-21-10-8-19(9-11-21)27-25(33-14-4-3-7-26(33)31-27)17-32-16-22(30-18-34)12-13-23(32)15-20-5-1-2-6-24(20)29/h1-11,14,18,22-23H,12-13,15-17H2,(H,30,34). The summed E-state index contributed by atoms with van der Waals surface area (Å²) in [7, 11) is 0. The summed E-state index contributed by atoms with van der Waals surface area (Å²) in [6, 6.07) is 20.9. The van der Waals surface area contributed by atoms with E-state index in [1.54, 1.807) is 6.07 Å². The van der Waals surface area contributed by atoms with E-state index in [4.69, 9.17) is 16.6 Å². The quantitative estimate of drug-likeness (QED) is 0.377. The lowest BCUT2D eigenvalue weighted by atomic mass is 9.92. The first-order valence-electron chi connectivity index (χ1n) is 11.5. The van der Waals surface area contributed by atoms with Crippen molar-refractivity contribution in [2.24, 2.45) is 0 Å². The van der Waals surface area contributed by atoms with Gasteiger partial charge in [0.2, 0.25) is 6.41 Å². The number of amides is 1. The van der Waals surface area contributed by atoms with Crippen molar-refractivity contribution in [3.63, 3.8) is 0 Å². The van der Waals surface area contributed by atoms with Crippen molar-refractivity contribution in [2.75, 3.05) is 6.54 Å². The molecule has 1 aliphatic rings. The Balaban J connectivity index is 1.52. The van der Waals surface area contributed by atoms with Crippen LogP contribution in [0.3, 0.4) is 0 Å². The first-order chi connectivity index (χ1) is 16.6. The van der Waals surface area contributed by atoms with Gasteiger partial charge in [-0.2, -0.15) is 0 Å². The molecule has 5 nitrogen and oxygen atoms in total. The summed E-state index contributed by atoms with van der Waals surface area (Å²) in [5.41, 5.74) is 4.54. The van der Waals surface area contributed by atoms with Crippen LogP contribution in [0.2, 0.25) is 5.02 Å². The van der Waals surface area contributed by atoms with Crippen LogP contribution in [-0.2, 0) is 17.8 Å². The predicted molar refractivity (Wildman–Crippen MR) is 132 cm³/mol. The number of carbonyl (C=O) groups excluding carboxylic acids is 1. The van der Waals surface area contributed by atoms with Crippen LogP contribution >= 0.6 is 11.6 Å². The van der Waals surface area contributed by atoms with Gasteiger partial charge in [-0.25, -0.2) is 9.37 Å². The minimum atomic E-state index is -0.174. The molecule has 0 spiro atoms. The molecule has 1 amide bonds. The number of carbonyl (C=O) groups is 1. The van der Waals surface area contributed by atoms with Gasteiger partial charge in [-0.15, -0.1) is 0 Å². The molecule has 2 aromatic carbocycles. The second kappa shape index (κ2) is 9.95. The topological polar surface area (TPSA) is 49.6 Å². The van der Waals surface area contributed by atoms with Gasteiger partial charge in [0.25, 0.3) is 0 Å². The molecule has 4 aromatic rings. The van der Waals surface area contributed by atoms with E-state index in [1.807, 2.05) is 60.8 Å². The fourth-order valence-electron chi connectivity index (χ4n) is 4.90. The Morgan fingerprint density at radius 3 is 2.65 bits per heavy atom. The number of hydrogen-bond donors (Lipinski definition) is 1. The summed E-state index contributed by atoms with van der Waals surface area (Å²) in [6.45, 7) is 1.32. The Labute approximate surface area is 203 Å². The van der Waals surface area contributed by atoms with Gasteiger partial charge in [-0.3, -0.25) is 9.69 Å². The van der Waals surface area contributed by atoms with Crippen molar-refractivity contribution in [2.45, 2.75) is 37.9 Å². The van der Waals surface area contributed by atoms with Gasteiger partial charge >= 0.3 is 0 Å². The molecule has 2 unspecified atom stereocenters. The summed E-state index contributed by atoms with van der Waals surface area (Å²) in [4.78, 5) is 18.4. The van der Waals surface area contributed by atoms with Crippen molar-refractivity contribution in [1.29, 1.82) is 0 Å². The number of fused-ring (bicyclic) bond motifs is 1. The Hall–Kier alpha value is -3.22. The maximum atomic E-state index is 14.5. The zero-order chi connectivity index (χ0) is 23.5. The predicted octanol–water partition coefficient (Wildman–Crippen LogP) is 5.12. The van der Waals surface area contributed by atoms with Crippen LogP contribution in [0.4, 0.5) is 4.39 Å². The van der Waals surface area contributed by atoms with Crippen LogP contribution < -0.4 is 5.32 Å². The van der Waals surface area contributed by atoms with E-state index < -0.39 is 0 Å². The molecule has 0 aliphatic carbocycles. The average Bonchev–Trinajstić information content (AvgIpc) is 3.21. The maximum Gasteiger partial charge on any atom is 0.207 e. The molecule has 0 saturated carbocycles. The number of benzene rings is 2. The highest BCUT2D eigenvalue weighted by Crippen LogP contribution is 2.30. The van der Waals surface area contributed by atoms with Crippen LogP contribution in [0.5, 0.6) is 0 Å². The van der Waals surface area contributed by atoms with Gasteiger partial charge in [-0.05, 0) is 55.2 Å². The minimum absolute atomic E-state index is 0.0625. The Morgan fingerprint density at radius 1 is 1.06 bits per heavy atom. The lowest BCUT2D eigenvalue weighted by molar-refractivity contribution is -0.110. The van der Waals surface area contributed by atoms with Gasteiger partial charge in [0, 0.05) is 42.0 Å². The highest BCUT2D eigenvalue weighted by molar-refractivity contribution is 6.30. The summed E-state index contributed by atoms with van der Waals surface area (Å²) >= 11 is 6.13. The van der Waals surface area contributed by atoms with Gasteiger partial charge in [0.15, 0.2) is 0 Å². The van der Waals surface area contributed by atoms with Gasteiger partial charge in [-0.1, -0.05) is 48.0 Å². The number of pyridine rings is 1. The van der Waals surface area contributed by atoms with E-state index in [-0.39, 0.29) is 17.9 Å². The number of halogens is 2. The monoisotopic (exact) mass is 476 g/mol. The van der Waals surface area contributed by atoms with Crippen LogP contribution in [0.25, 0.3) is 16.9 Å². The van der Waals surface area contributed by atoms with E-state index >= 15 is 0 Å². The molecule has 1 saturated heterocycles. The maximum absolute atomic E-state index is 14.5. The van der Waals surface area contributed by atoms with E-state index in [0.29, 0.717) is 24.5 Å². The molecule has 0 radical (unpaired) electrons. The number of piperidine rings is 1. The summed E-state index contributed by atoms with van der Waals surface area (Å²) in [5, 5.41) is 3.62. The minimum Gasteiger partial charge on any atom is -0.355 e. The molecule has 1 N–H and O–H groups in total. The van der Waals surface area contributed by atoms with Crippen molar-refractivity contribution in [3.8, 4) is 11.3 Å². The summed E-state index contributed by atoms with van der Waals surface area (Å²) < 4.78 is 16.6. The number of imidazole rings is 1. The Kier molecular flexibility index (Phi) is 6.61. The molecule has 2 atom stereocenters. The summed E-state index contributed by atoms with van der Waals surface area (Å²) in [5.74, 6) is -0.174. The largest absolute Gasteiger partial charge is 0.355 e. The van der Waals surface area contributed by atoms with Crippen molar-refractivity contribution in [1.82, 2.24) is 19.6 Å². The molecular weight excluding hydrogens is 451 g/mol. The Morgan fingerprint density at radius 2 is 1.85 bits per heavy atom. The number of rotatable bonds is 7. The third-order valence-corrected chi connectivity index (χ3v) is 6.89. The zero-order valence-electron chi connectivity index (χ0n) is 18.7. The van der Waals surface area contributed by atoms with Crippen LogP contribution in [0, 0.1) is 5.82 Å². The normalized spacial score (nSPS) is 18.8. The van der Waals surface area contributed by atoms with Gasteiger partial charge in [0.05, 0.1) is 11.4 Å². The fraction of sp³-hybridized carbons (Fsp3) is 0.259. The van der Waals surface area contributed by atoms with Crippen LogP contribution in [0.1, 0.15) is 24.1 Å². The van der Waals surface area contributed by atoms with E-state index in [9.17, 15) is 9.18 Å². The number of likely N-dealkylation sites (tertiary alicyclic amines) is 1. The second-order valence-electron chi connectivity index (χ2n) is 8.78. The highest BCUT2D eigenvalue weighted by Gasteiger charge is 2.30. The SMILES string of the molecule is O=CNC1CCC(Cc2ccccc2F)N(Cc2c(-c3ccc(Cl)cc3)nc3ccccn23)C1. The number of nitrogens with zero attached hydrogens (tertiary/aromatic N) is 3. The molecule has 3 heterocycles. The molecule has 7 heteroatoms. The van der Waals surface area contributed by atoms with E-state index in [1.165, 1.54) is 6.07 Å². The van der Waals surface area contributed by atoms with Gasteiger partial charge < -0.3 is 9.72 Å². The molecule has 174 valence electrons. The van der Waals surface area contributed by atoms with Crippen molar-refractivity contribution in [3.05, 3.63) is 95.0 Å². The third kappa shape index (κ3) is 4.69. The molecule has 5 rings (SSSR count).